The standard InChI is InChI=1S/C12H28N2O/c1-7-14(8-2)11(10-15-6)9-13-12(3,4)5/h11,13H,7-10H2,1-6H3. The van der Waals surface area contributed by atoms with Crippen LogP contribution in [-0.4, -0.2) is 49.8 Å². The first-order chi connectivity index (χ1) is 6.94. The number of nitrogens with zero attached hydrogens (tertiary/aromatic N) is 1. The quantitative estimate of drug-likeness (QED) is 0.701. The Morgan fingerprint density at radius 2 is 1.73 bits per heavy atom. The lowest BCUT2D eigenvalue weighted by molar-refractivity contribution is 0.0918. The average molecular weight is 216 g/mol. The largest absolute Gasteiger partial charge is 0.383 e. The van der Waals surface area contributed by atoms with Crippen molar-refractivity contribution in [2.24, 2.45) is 0 Å². The highest BCUT2D eigenvalue weighted by molar-refractivity contribution is 4.78. The predicted octanol–water partition coefficient (Wildman–Crippen LogP) is 1.73. The van der Waals surface area contributed by atoms with E-state index < -0.39 is 0 Å². The van der Waals surface area contributed by atoms with Gasteiger partial charge in [0.2, 0.25) is 0 Å². The van der Waals surface area contributed by atoms with Crippen molar-refractivity contribution in [3.63, 3.8) is 0 Å². The summed E-state index contributed by atoms with van der Waals surface area (Å²) in [6, 6.07) is 0.476. The topological polar surface area (TPSA) is 24.5 Å². The molecule has 0 fully saturated rings. The summed E-state index contributed by atoms with van der Waals surface area (Å²) in [5.74, 6) is 0. The van der Waals surface area contributed by atoms with E-state index in [1.54, 1.807) is 7.11 Å². The highest BCUT2D eigenvalue weighted by atomic mass is 16.5. The molecule has 0 aromatic carbocycles. The summed E-state index contributed by atoms with van der Waals surface area (Å²) in [4.78, 5) is 2.43. The van der Waals surface area contributed by atoms with E-state index in [0.29, 0.717) is 6.04 Å². The number of hydrogen-bond acceptors (Lipinski definition) is 3. The van der Waals surface area contributed by atoms with Gasteiger partial charge in [-0.15, -0.1) is 0 Å². The zero-order valence-corrected chi connectivity index (χ0v) is 11.3. The first-order valence-electron chi connectivity index (χ1n) is 5.92. The molecule has 0 heterocycles. The van der Waals surface area contributed by atoms with Crippen molar-refractivity contribution in [3.05, 3.63) is 0 Å². The number of likely N-dealkylation sites (N-methyl/N-ethyl adjacent to an activating group) is 1. The van der Waals surface area contributed by atoms with Gasteiger partial charge < -0.3 is 10.1 Å². The molecule has 3 heteroatoms. The van der Waals surface area contributed by atoms with E-state index in [1.807, 2.05) is 0 Å². The molecule has 0 aromatic heterocycles. The zero-order valence-electron chi connectivity index (χ0n) is 11.3. The van der Waals surface area contributed by atoms with Gasteiger partial charge in [0.1, 0.15) is 0 Å². The first kappa shape index (κ1) is 14.9. The second-order valence-corrected chi connectivity index (χ2v) is 4.96. The van der Waals surface area contributed by atoms with Gasteiger partial charge in [-0.25, -0.2) is 0 Å². The fraction of sp³-hybridized carbons (Fsp3) is 1.00. The Morgan fingerprint density at radius 1 is 1.20 bits per heavy atom. The number of hydrogen-bond donors (Lipinski definition) is 1. The van der Waals surface area contributed by atoms with Crippen LogP contribution >= 0.6 is 0 Å². The minimum atomic E-state index is 0.180. The summed E-state index contributed by atoms with van der Waals surface area (Å²) in [5, 5.41) is 3.53. The molecule has 0 rings (SSSR count). The van der Waals surface area contributed by atoms with Crippen LogP contribution in [0.1, 0.15) is 34.6 Å². The lowest BCUT2D eigenvalue weighted by atomic mass is 10.1. The molecule has 0 saturated carbocycles. The molecular formula is C12H28N2O. The Bertz CT molecular complexity index is 150. The number of methoxy groups -OCH3 is 1. The molecule has 92 valence electrons. The number of nitrogens with one attached hydrogen (secondary N) is 1. The SMILES string of the molecule is CCN(CC)C(CNC(C)(C)C)COC. The van der Waals surface area contributed by atoms with Crippen LogP contribution in [-0.2, 0) is 4.74 Å². The Balaban J connectivity index is 4.13. The van der Waals surface area contributed by atoms with Crippen molar-refractivity contribution in [2.75, 3.05) is 33.4 Å². The molecule has 0 aliphatic heterocycles. The molecule has 0 spiro atoms. The van der Waals surface area contributed by atoms with Gasteiger partial charge in [-0.3, -0.25) is 4.90 Å². The minimum absolute atomic E-state index is 0.180. The van der Waals surface area contributed by atoms with Gasteiger partial charge >= 0.3 is 0 Å². The van der Waals surface area contributed by atoms with E-state index in [1.165, 1.54) is 0 Å². The van der Waals surface area contributed by atoms with Crippen molar-refractivity contribution in [1.29, 1.82) is 0 Å². The van der Waals surface area contributed by atoms with Gasteiger partial charge in [-0.1, -0.05) is 13.8 Å². The van der Waals surface area contributed by atoms with Crippen LogP contribution in [0.5, 0.6) is 0 Å². The highest BCUT2D eigenvalue weighted by Crippen LogP contribution is 2.03. The molecule has 15 heavy (non-hydrogen) atoms. The third-order valence-corrected chi connectivity index (χ3v) is 2.56. The maximum Gasteiger partial charge on any atom is 0.0630 e. The summed E-state index contributed by atoms with van der Waals surface area (Å²) in [5.41, 5.74) is 0.180. The summed E-state index contributed by atoms with van der Waals surface area (Å²) in [6.07, 6.45) is 0. The van der Waals surface area contributed by atoms with Crippen LogP contribution < -0.4 is 5.32 Å². The van der Waals surface area contributed by atoms with Crippen molar-refractivity contribution >= 4 is 0 Å². The van der Waals surface area contributed by atoms with E-state index in [-0.39, 0.29) is 5.54 Å². The molecule has 0 aromatic rings. The van der Waals surface area contributed by atoms with Crippen molar-refractivity contribution < 1.29 is 4.74 Å². The summed E-state index contributed by atoms with van der Waals surface area (Å²) < 4.78 is 5.27. The second-order valence-electron chi connectivity index (χ2n) is 4.96. The summed E-state index contributed by atoms with van der Waals surface area (Å²) >= 11 is 0. The van der Waals surface area contributed by atoms with Crippen molar-refractivity contribution in [3.8, 4) is 0 Å². The summed E-state index contributed by atoms with van der Waals surface area (Å²) in [6.45, 7) is 14.9. The third-order valence-electron chi connectivity index (χ3n) is 2.56. The van der Waals surface area contributed by atoms with Gasteiger partial charge in [0.05, 0.1) is 6.61 Å². The third kappa shape index (κ3) is 6.88. The molecule has 1 unspecified atom stereocenters. The number of ether oxygens (including phenoxy) is 1. The molecule has 0 saturated heterocycles. The van der Waals surface area contributed by atoms with Crippen LogP contribution in [0.25, 0.3) is 0 Å². The molecule has 0 aliphatic rings. The molecule has 3 nitrogen and oxygen atoms in total. The van der Waals surface area contributed by atoms with E-state index in [4.69, 9.17) is 4.74 Å². The molecule has 1 N–H and O–H groups in total. The lowest BCUT2D eigenvalue weighted by Crippen LogP contribution is -2.49. The van der Waals surface area contributed by atoms with E-state index in [2.05, 4.69) is 44.8 Å². The molecule has 1 atom stereocenters. The smallest absolute Gasteiger partial charge is 0.0630 e. The van der Waals surface area contributed by atoms with Gasteiger partial charge in [-0.2, -0.15) is 0 Å². The maximum absolute atomic E-state index is 5.27. The molecule has 0 aliphatic carbocycles. The Labute approximate surface area is 95.2 Å². The molecule has 0 radical (unpaired) electrons. The van der Waals surface area contributed by atoms with Crippen LogP contribution in [0.4, 0.5) is 0 Å². The average Bonchev–Trinajstić information content (AvgIpc) is 2.14. The van der Waals surface area contributed by atoms with Crippen LogP contribution in [0, 0.1) is 0 Å². The van der Waals surface area contributed by atoms with Gasteiger partial charge in [0.15, 0.2) is 0 Å². The van der Waals surface area contributed by atoms with Crippen LogP contribution in [0.15, 0.2) is 0 Å². The second kappa shape index (κ2) is 7.20. The Morgan fingerprint density at radius 3 is 2.07 bits per heavy atom. The first-order valence-corrected chi connectivity index (χ1v) is 5.92. The van der Waals surface area contributed by atoms with E-state index >= 15 is 0 Å². The maximum atomic E-state index is 5.27. The van der Waals surface area contributed by atoms with Gasteiger partial charge in [0.25, 0.3) is 0 Å². The molecular weight excluding hydrogens is 188 g/mol. The zero-order chi connectivity index (χ0) is 11.9. The fourth-order valence-electron chi connectivity index (χ4n) is 1.65. The van der Waals surface area contributed by atoms with Gasteiger partial charge in [0, 0.05) is 25.2 Å². The highest BCUT2D eigenvalue weighted by Gasteiger charge is 2.18. The summed E-state index contributed by atoms with van der Waals surface area (Å²) in [7, 11) is 1.77. The minimum Gasteiger partial charge on any atom is -0.383 e. The lowest BCUT2D eigenvalue weighted by Gasteiger charge is -2.32. The Hall–Kier alpha value is -0.120. The normalized spacial score (nSPS) is 14.6. The van der Waals surface area contributed by atoms with Gasteiger partial charge in [-0.05, 0) is 33.9 Å². The van der Waals surface area contributed by atoms with Crippen molar-refractivity contribution in [2.45, 2.75) is 46.2 Å². The fourth-order valence-corrected chi connectivity index (χ4v) is 1.65. The van der Waals surface area contributed by atoms with E-state index in [0.717, 1.165) is 26.2 Å². The molecule has 0 amide bonds. The number of rotatable bonds is 7. The monoisotopic (exact) mass is 216 g/mol. The van der Waals surface area contributed by atoms with E-state index in [9.17, 15) is 0 Å². The predicted molar refractivity (Wildman–Crippen MR) is 66.3 cm³/mol. The van der Waals surface area contributed by atoms with Crippen molar-refractivity contribution in [1.82, 2.24) is 10.2 Å². The van der Waals surface area contributed by atoms with Crippen LogP contribution in [0.2, 0.25) is 0 Å². The van der Waals surface area contributed by atoms with Crippen LogP contribution in [0.3, 0.4) is 0 Å². The molecule has 0 bridgehead atoms. The Kier molecular flexibility index (Phi) is 7.14.